The Kier molecular flexibility index (Phi) is 9.44. The van der Waals surface area contributed by atoms with Crippen LogP contribution >= 0.6 is 35.6 Å². The second kappa shape index (κ2) is 11.6. The molecule has 1 aliphatic rings. The summed E-state index contributed by atoms with van der Waals surface area (Å²) in [5.41, 5.74) is 8.81. The van der Waals surface area contributed by atoms with Crippen molar-refractivity contribution < 1.29 is 14.7 Å². The fourth-order valence-corrected chi connectivity index (χ4v) is 4.31. The summed E-state index contributed by atoms with van der Waals surface area (Å²) in [6.45, 7) is 0.691. The van der Waals surface area contributed by atoms with Crippen molar-refractivity contribution in [3.05, 3.63) is 63.1 Å². The number of benzene rings is 2. The molecule has 0 aliphatic carbocycles. The highest BCUT2D eigenvalue weighted by atomic mass is 35.5. The van der Waals surface area contributed by atoms with Crippen LogP contribution in [0.3, 0.4) is 0 Å². The zero-order valence-corrected chi connectivity index (χ0v) is 19.2. The molecule has 2 aromatic carbocycles. The van der Waals surface area contributed by atoms with Gasteiger partial charge in [0.25, 0.3) is 0 Å². The lowest BCUT2D eigenvalue weighted by molar-refractivity contribution is -0.138. The number of anilines is 1. The van der Waals surface area contributed by atoms with E-state index in [1.165, 1.54) is 5.56 Å². The van der Waals surface area contributed by atoms with Crippen LogP contribution in [0.1, 0.15) is 42.0 Å². The van der Waals surface area contributed by atoms with Crippen LogP contribution in [0.2, 0.25) is 10.0 Å². The number of unbranched alkanes of at least 4 members (excludes halogenated alkanes) is 1. The first-order valence-electron chi connectivity index (χ1n) is 9.93. The molecule has 5 N–H and O–H groups in total. The Bertz CT molecular complexity index is 922. The number of rotatable bonds is 8. The van der Waals surface area contributed by atoms with E-state index in [2.05, 4.69) is 10.6 Å². The lowest BCUT2D eigenvalue weighted by atomic mass is 9.92. The second-order valence-electron chi connectivity index (χ2n) is 7.48. The monoisotopic (exact) mass is 485 g/mol. The van der Waals surface area contributed by atoms with Crippen LogP contribution in [0.25, 0.3) is 0 Å². The van der Waals surface area contributed by atoms with Gasteiger partial charge in [0.05, 0.1) is 12.5 Å². The SMILES string of the molecule is Cl.NCCCCc1ccc(CC(=O)NC2CC(C(=O)O)Nc3cc(Cl)cc(Cl)c32)cc1. The normalized spacial score (nSPS) is 17.1. The maximum Gasteiger partial charge on any atom is 0.326 e. The third kappa shape index (κ3) is 6.74. The summed E-state index contributed by atoms with van der Waals surface area (Å²) < 4.78 is 0. The Hall–Kier alpha value is -1.99. The average molecular weight is 487 g/mol. The second-order valence-corrected chi connectivity index (χ2v) is 8.32. The number of halogens is 3. The van der Waals surface area contributed by atoms with Gasteiger partial charge in [0.2, 0.25) is 5.91 Å². The Morgan fingerprint density at radius 2 is 1.81 bits per heavy atom. The van der Waals surface area contributed by atoms with E-state index in [0.717, 1.165) is 24.8 Å². The number of hydrogen-bond donors (Lipinski definition) is 4. The summed E-state index contributed by atoms with van der Waals surface area (Å²) >= 11 is 12.4. The van der Waals surface area contributed by atoms with E-state index in [1.807, 2.05) is 24.3 Å². The molecule has 1 heterocycles. The fourth-order valence-electron chi connectivity index (χ4n) is 3.68. The van der Waals surface area contributed by atoms with Crippen molar-refractivity contribution in [2.24, 2.45) is 5.73 Å². The molecular formula is C22H26Cl3N3O3. The smallest absolute Gasteiger partial charge is 0.326 e. The molecule has 3 rings (SSSR count). The minimum atomic E-state index is -0.999. The molecule has 0 spiro atoms. The number of fused-ring (bicyclic) bond motifs is 1. The first-order valence-corrected chi connectivity index (χ1v) is 10.7. The lowest BCUT2D eigenvalue weighted by Crippen LogP contribution is -2.41. The summed E-state index contributed by atoms with van der Waals surface area (Å²) in [4.78, 5) is 24.2. The molecule has 6 nitrogen and oxygen atoms in total. The number of aliphatic carboxylic acids is 1. The number of nitrogens with one attached hydrogen (secondary N) is 2. The van der Waals surface area contributed by atoms with Gasteiger partial charge in [-0.15, -0.1) is 12.4 Å². The molecule has 0 aromatic heterocycles. The van der Waals surface area contributed by atoms with Crippen molar-refractivity contribution in [1.29, 1.82) is 0 Å². The minimum Gasteiger partial charge on any atom is -0.480 e. The van der Waals surface area contributed by atoms with Gasteiger partial charge in [0.15, 0.2) is 0 Å². The summed E-state index contributed by atoms with van der Waals surface area (Å²) in [7, 11) is 0. The van der Waals surface area contributed by atoms with Crippen LogP contribution in [-0.4, -0.2) is 29.6 Å². The minimum absolute atomic E-state index is 0. The van der Waals surface area contributed by atoms with E-state index >= 15 is 0 Å². The largest absolute Gasteiger partial charge is 0.480 e. The van der Waals surface area contributed by atoms with E-state index < -0.39 is 18.1 Å². The van der Waals surface area contributed by atoms with Crippen molar-refractivity contribution >= 4 is 53.2 Å². The molecule has 0 fully saturated rings. The van der Waals surface area contributed by atoms with E-state index in [9.17, 15) is 14.7 Å². The van der Waals surface area contributed by atoms with Gasteiger partial charge in [-0.1, -0.05) is 47.5 Å². The summed E-state index contributed by atoms with van der Waals surface area (Å²) in [5.74, 6) is -1.19. The molecule has 0 saturated carbocycles. The number of nitrogens with two attached hydrogens (primary N) is 1. The highest BCUT2D eigenvalue weighted by Gasteiger charge is 2.33. The standard InChI is InChI=1S/C22H25Cl2N3O3.ClH/c23-15-10-16(24)21-17(11-15)26-19(22(29)30)12-18(21)27-20(28)9-14-6-4-13(5-7-14)3-1-2-8-25;/h4-7,10-11,18-19,26H,1-3,8-9,12,25H2,(H,27,28)(H,29,30);1H. The fraction of sp³-hybridized carbons (Fsp3) is 0.364. The van der Waals surface area contributed by atoms with Gasteiger partial charge in [-0.25, -0.2) is 4.79 Å². The van der Waals surface area contributed by atoms with Crippen molar-refractivity contribution in [3.63, 3.8) is 0 Å². The Morgan fingerprint density at radius 3 is 2.45 bits per heavy atom. The maximum atomic E-state index is 12.7. The molecule has 0 radical (unpaired) electrons. The summed E-state index contributed by atoms with van der Waals surface area (Å²) in [6, 6.07) is 9.80. The summed E-state index contributed by atoms with van der Waals surface area (Å²) in [5, 5.41) is 16.1. The molecule has 1 aliphatic heterocycles. The highest BCUT2D eigenvalue weighted by Crippen LogP contribution is 2.39. The number of carbonyl (C=O) groups is 2. The van der Waals surface area contributed by atoms with Gasteiger partial charge in [0.1, 0.15) is 6.04 Å². The van der Waals surface area contributed by atoms with Crippen LogP contribution in [0.15, 0.2) is 36.4 Å². The Labute approximate surface area is 197 Å². The third-order valence-electron chi connectivity index (χ3n) is 5.18. The van der Waals surface area contributed by atoms with E-state index in [-0.39, 0.29) is 31.2 Å². The van der Waals surface area contributed by atoms with E-state index in [0.29, 0.717) is 27.8 Å². The van der Waals surface area contributed by atoms with Gasteiger partial charge < -0.3 is 21.5 Å². The molecule has 2 unspecified atom stereocenters. The Morgan fingerprint density at radius 1 is 1.13 bits per heavy atom. The Balaban J connectivity index is 0.00000341. The predicted octanol–water partition coefficient (Wildman–Crippen LogP) is 4.37. The van der Waals surface area contributed by atoms with Crippen molar-refractivity contribution in [2.45, 2.75) is 44.2 Å². The van der Waals surface area contributed by atoms with Crippen molar-refractivity contribution in [1.82, 2.24) is 5.32 Å². The molecule has 2 atom stereocenters. The van der Waals surface area contributed by atoms with Crippen LogP contribution in [0.4, 0.5) is 5.69 Å². The molecule has 2 aromatic rings. The summed E-state index contributed by atoms with van der Waals surface area (Å²) in [6.07, 6.45) is 3.39. The van der Waals surface area contributed by atoms with Crippen LogP contribution in [0, 0.1) is 0 Å². The van der Waals surface area contributed by atoms with E-state index in [4.69, 9.17) is 28.9 Å². The van der Waals surface area contributed by atoms with Gasteiger partial charge in [-0.2, -0.15) is 0 Å². The number of carboxylic acids is 1. The lowest BCUT2D eigenvalue weighted by Gasteiger charge is -2.32. The van der Waals surface area contributed by atoms with Gasteiger partial charge in [0, 0.05) is 27.7 Å². The van der Waals surface area contributed by atoms with Crippen LogP contribution in [0.5, 0.6) is 0 Å². The van der Waals surface area contributed by atoms with Gasteiger partial charge in [-0.05, 0) is 49.1 Å². The quantitative estimate of drug-likeness (QED) is 0.415. The number of carboxylic acid groups (broad SMARTS) is 1. The maximum absolute atomic E-state index is 12.7. The number of aryl methyl sites for hydroxylation is 1. The molecule has 0 bridgehead atoms. The van der Waals surface area contributed by atoms with Crippen LogP contribution < -0.4 is 16.4 Å². The number of amides is 1. The molecule has 31 heavy (non-hydrogen) atoms. The van der Waals surface area contributed by atoms with Gasteiger partial charge >= 0.3 is 5.97 Å². The zero-order chi connectivity index (χ0) is 21.7. The first-order chi connectivity index (χ1) is 14.4. The van der Waals surface area contributed by atoms with Gasteiger partial charge in [-0.3, -0.25) is 4.79 Å². The van der Waals surface area contributed by atoms with Crippen molar-refractivity contribution in [3.8, 4) is 0 Å². The number of carbonyl (C=O) groups excluding carboxylic acids is 1. The third-order valence-corrected chi connectivity index (χ3v) is 5.72. The molecule has 9 heteroatoms. The first kappa shape index (κ1) is 25.3. The van der Waals surface area contributed by atoms with Crippen molar-refractivity contribution in [2.75, 3.05) is 11.9 Å². The van der Waals surface area contributed by atoms with Crippen LogP contribution in [-0.2, 0) is 22.4 Å². The van der Waals surface area contributed by atoms with E-state index in [1.54, 1.807) is 12.1 Å². The molecule has 1 amide bonds. The molecular weight excluding hydrogens is 461 g/mol. The topological polar surface area (TPSA) is 104 Å². The molecule has 168 valence electrons. The zero-order valence-electron chi connectivity index (χ0n) is 16.9. The predicted molar refractivity (Wildman–Crippen MR) is 126 cm³/mol. The number of hydrogen-bond acceptors (Lipinski definition) is 4. The average Bonchev–Trinajstić information content (AvgIpc) is 2.68. The molecule has 0 saturated heterocycles. The highest BCUT2D eigenvalue weighted by molar-refractivity contribution is 6.35.